The number of nitrogens with zero attached hydrogens (tertiary/aromatic N) is 1. The highest BCUT2D eigenvalue weighted by Gasteiger charge is 2.11. The van der Waals surface area contributed by atoms with Crippen molar-refractivity contribution < 1.29 is 9.53 Å². The van der Waals surface area contributed by atoms with Crippen molar-refractivity contribution in [2.45, 2.75) is 6.92 Å². The van der Waals surface area contributed by atoms with Crippen LogP contribution >= 0.6 is 0 Å². The molecule has 53 valence electrons. The second kappa shape index (κ2) is 3.15. The maximum atomic E-state index is 10.8. The minimum Gasteiger partial charge on any atom is -0.463 e. The molecule has 1 heterocycles. The van der Waals surface area contributed by atoms with E-state index in [0.717, 1.165) is 0 Å². The molecule has 0 atom stereocenters. The Kier molecular flexibility index (Phi) is 2.20. The molecule has 1 radical (unpaired) electrons. The summed E-state index contributed by atoms with van der Waals surface area (Å²) >= 11 is 0. The lowest BCUT2D eigenvalue weighted by Crippen LogP contribution is -2.05. The molecular weight excluding hydrogens is 130 g/mol. The molecule has 0 fully saturated rings. The van der Waals surface area contributed by atoms with Gasteiger partial charge in [0.1, 0.15) is 6.54 Å². The Balaban J connectivity index is 2.43. The Labute approximate surface area is 59.4 Å². The zero-order chi connectivity index (χ0) is 7.40. The Morgan fingerprint density at radius 2 is 2.60 bits per heavy atom. The molecule has 3 heteroatoms. The van der Waals surface area contributed by atoms with E-state index in [2.05, 4.69) is 4.99 Å². The zero-order valence-corrected chi connectivity index (χ0v) is 5.70. The monoisotopic (exact) mass is 138 g/mol. The van der Waals surface area contributed by atoms with Gasteiger partial charge < -0.3 is 4.74 Å². The van der Waals surface area contributed by atoms with Crippen LogP contribution in [0.2, 0.25) is 0 Å². The fourth-order valence-corrected chi connectivity index (χ4v) is 0.625. The van der Waals surface area contributed by atoms with Crippen molar-refractivity contribution >= 4 is 12.2 Å². The quantitative estimate of drug-likeness (QED) is 0.527. The number of esters is 1. The molecule has 0 amide bonds. The SMILES string of the molecule is CCOC(=O)C1=CC=N[CH]1. The molecule has 1 aliphatic rings. The van der Waals surface area contributed by atoms with Crippen LogP contribution in [0.25, 0.3) is 0 Å². The third-order valence-corrected chi connectivity index (χ3v) is 1.06. The van der Waals surface area contributed by atoms with Gasteiger partial charge in [-0.25, -0.2) is 4.79 Å². The molecule has 0 aliphatic carbocycles. The number of carbonyl (C=O) groups excluding carboxylic acids is 1. The third kappa shape index (κ3) is 1.43. The van der Waals surface area contributed by atoms with Crippen LogP contribution in [-0.2, 0) is 9.53 Å². The topological polar surface area (TPSA) is 38.7 Å². The van der Waals surface area contributed by atoms with E-state index in [1.807, 2.05) is 0 Å². The van der Waals surface area contributed by atoms with Crippen LogP contribution in [0.4, 0.5) is 0 Å². The van der Waals surface area contributed by atoms with Crippen molar-refractivity contribution in [1.29, 1.82) is 0 Å². The van der Waals surface area contributed by atoms with Crippen molar-refractivity contribution in [2.75, 3.05) is 6.61 Å². The smallest absolute Gasteiger partial charge is 0.336 e. The van der Waals surface area contributed by atoms with E-state index >= 15 is 0 Å². The maximum Gasteiger partial charge on any atom is 0.336 e. The molecule has 0 bridgehead atoms. The van der Waals surface area contributed by atoms with Gasteiger partial charge in [0.05, 0.1) is 12.2 Å². The first kappa shape index (κ1) is 6.99. The van der Waals surface area contributed by atoms with Crippen molar-refractivity contribution in [1.82, 2.24) is 0 Å². The molecule has 1 rings (SSSR count). The minimum atomic E-state index is -0.306. The van der Waals surface area contributed by atoms with E-state index in [1.165, 1.54) is 6.54 Å². The number of rotatable bonds is 2. The Bertz CT molecular complexity index is 194. The van der Waals surface area contributed by atoms with Crippen molar-refractivity contribution in [3.63, 3.8) is 0 Å². The van der Waals surface area contributed by atoms with E-state index in [9.17, 15) is 4.79 Å². The Morgan fingerprint density at radius 1 is 1.80 bits per heavy atom. The molecule has 0 N–H and O–H groups in total. The first-order valence-corrected chi connectivity index (χ1v) is 3.08. The molecule has 0 aromatic heterocycles. The number of ether oxygens (including phenoxy) is 1. The fraction of sp³-hybridized carbons (Fsp3) is 0.286. The lowest BCUT2D eigenvalue weighted by atomic mass is 10.3. The van der Waals surface area contributed by atoms with Crippen LogP contribution in [0.5, 0.6) is 0 Å². The average Bonchev–Trinajstić information content (AvgIpc) is 2.38. The summed E-state index contributed by atoms with van der Waals surface area (Å²) in [5.41, 5.74) is 0.516. The van der Waals surface area contributed by atoms with E-state index in [-0.39, 0.29) is 5.97 Å². The van der Waals surface area contributed by atoms with Gasteiger partial charge in [0.25, 0.3) is 0 Å². The second-order valence-corrected chi connectivity index (χ2v) is 1.77. The van der Waals surface area contributed by atoms with Gasteiger partial charge >= 0.3 is 5.97 Å². The van der Waals surface area contributed by atoms with Gasteiger partial charge in [-0.1, -0.05) is 0 Å². The largest absolute Gasteiger partial charge is 0.463 e. The molecular formula is C7H8NO2. The Hall–Kier alpha value is -1.12. The summed E-state index contributed by atoms with van der Waals surface area (Å²) in [7, 11) is 0. The minimum absolute atomic E-state index is 0.306. The summed E-state index contributed by atoms with van der Waals surface area (Å²) in [6.07, 6.45) is 3.18. The molecule has 0 unspecified atom stereocenters. The molecule has 0 aromatic rings. The highest BCUT2D eigenvalue weighted by Crippen LogP contribution is 2.07. The molecule has 3 nitrogen and oxygen atoms in total. The van der Waals surface area contributed by atoms with Crippen LogP contribution in [0.15, 0.2) is 16.6 Å². The van der Waals surface area contributed by atoms with E-state index in [1.54, 1.807) is 19.2 Å². The standard InChI is InChI=1S/C7H8NO2/c1-2-10-7(9)6-3-4-8-5-6/h3-5H,2H2,1H3. The summed E-state index contributed by atoms with van der Waals surface area (Å²) in [5, 5.41) is 0. The molecule has 0 spiro atoms. The number of aliphatic imine (C=N–C) groups is 1. The predicted octanol–water partition coefficient (Wildman–Crippen LogP) is 0.722. The van der Waals surface area contributed by atoms with Gasteiger partial charge in [-0.05, 0) is 13.0 Å². The lowest BCUT2D eigenvalue weighted by Gasteiger charge is -1.98. The highest BCUT2D eigenvalue weighted by molar-refractivity contribution is 5.98. The van der Waals surface area contributed by atoms with Gasteiger partial charge in [-0.15, -0.1) is 0 Å². The van der Waals surface area contributed by atoms with Crippen molar-refractivity contribution in [3.05, 3.63) is 18.2 Å². The molecule has 0 saturated carbocycles. The van der Waals surface area contributed by atoms with Crippen LogP contribution in [-0.4, -0.2) is 18.8 Å². The Morgan fingerprint density at radius 3 is 3.10 bits per heavy atom. The molecule has 10 heavy (non-hydrogen) atoms. The highest BCUT2D eigenvalue weighted by atomic mass is 16.5. The van der Waals surface area contributed by atoms with Gasteiger partial charge in [-0.3, -0.25) is 4.99 Å². The number of carbonyl (C=O) groups is 1. The summed E-state index contributed by atoms with van der Waals surface area (Å²) in [6, 6.07) is 0. The van der Waals surface area contributed by atoms with E-state index < -0.39 is 0 Å². The van der Waals surface area contributed by atoms with E-state index in [0.29, 0.717) is 12.2 Å². The zero-order valence-electron chi connectivity index (χ0n) is 5.70. The fourth-order valence-electron chi connectivity index (χ4n) is 0.625. The normalized spacial score (nSPS) is 15.1. The lowest BCUT2D eigenvalue weighted by molar-refractivity contribution is -0.138. The van der Waals surface area contributed by atoms with Crippen molar-refractivity contribution in [2.24, 2.45) is 4.99 Å². The number of hydrogen-bond acceptors (Lipinski definition) is 3. The summed E-state index contributed by atoms with van der Waals surface area (Å²) in [5.74, 6) is -0.306. The van der Waals surface area contributed by atoms with Crippen molar-refractivity contribution in [3.8, 4) is 0 Å². The molecule has 0 saturated heterocycles. The molecule has 1 aliphatic heterocycles. The summed E-state index contributed by atoms with van der Waals surface area (Å²) < 4.78 is 4.71. The van der Waals surface area contributed by atoms with Gasteiger partial charge in [-0.2, -0.15) is 0 Å². The van der Waals surface area contributed by atoms with Crippen LogP contribution in [0, 0.1) is 6.54 Å². The maximum absolute atomic E-state index is 10.8. The number of hydrogen-bond donors (Lipinski definition) is 0. The van der Waals surface area contributed by atoms with Gasteiger partial charge in [0, 0.05) is 6.21 Å². The predicted molar refractivity (Wildman–Crippen MR) is 37.5 cm³/mol. The first-order chi connectivity index (χ1) is 4.84. The number of allylic oxidation sites excluding steroid dienone is 1. The average molecular weight is 138 g/mol. The van der Waals surface area contributed by atoms with Crippen LogP contribution in [0.1, 0.15) is 6.92 Å². The summed E-state index contributed by atoms with van der Waals surface area (Å²) in [4.78, 5) is 14.6. The van der Waals surface area contributed by atoms with Gasteiger partial charge in [0.15, 0.2) is 0 Å². The first-order valence-electron chi connectivity index (χ1n) is 3.08. The summed E-state index contributed by atoms with van der Waals surface area (Å²) in [6.45, 7) is 3.66. The van der Waals surface area contributed by atoms with E-state index in [4.69, 9.17) is 4.74 Å². The second-order valence-electron chi connectivity index (χ2n) is 1.77. The van der Waals surface area contributed by atoms with Gasteiger partial charge in [0.2, 0.25) is 0 Å². The molecule has 0 aromatic carbocycles. The third-order valence-electron chi connectivity index (χ3n) is 1.06. The van der Waals surface area contributed by atoms with Crippen LogP contribution < -0.4 is 0 Å². The van der Waals surface area contributed by atoms with Crippen LogP contribution in [0.3, 0.4) is 0 Å².